The van der Waals surface area contributed by atoms with Crippen molar-refractivity contribution in [3.05, 3.63) is 29.8 Å². The Hall–Kier alpha value is -0.580. The van der Waals surface area contributed by atoms with E-state index in [2.05, 4.69) is 0 Å². The number of hydrogen-bond acceptors (Lipinski definition) is 3. The molecule has 0 unspecified atom stereocenters. The lowest BCUT2D eigenvalue weighted by molar-refractivity contribution is 0.0598. The zero-order valence-electron chi connectivity index (χ0n) is 9.31. The highest BCUT2D eigenvalue weighted by Crippen LogP contribution is 2.23. The quantitative estimate of drug-likeness (QED) is 0.766. The maximum atomic E-state index is 11.0. The van der Waals surface area contributed by atoms with Crippen molar-refractivity contribution in [1.29, 1.82) is 0 Å². The standard InChI is InChI=1S/C11H15ClO3S/c1-3-11(15-4-2)9-5-7-10(8-6-9)16(12,13)14/h5-8,11H,3-4H2,1-2H3/t11-/m0/s1. The van der Waals surface area contributed by atoms with Gasteiger partial charge in [-0.2, -0.15) is 0 Å². The molecule has 0 aliphatic heterocycles. The van der Waals surface area contributed by atoms with Crippen molar-refractivity contribution in [3.8, 4) is 0 Å². The predicted octanol–water partition coefficient (Wildman–Crippen LogP) is 3.10. The molecular weight excluding hydrogens is 248 g/mol. The van der Waals surface area contributed by atoms with Crippen LogP contribution in [0.15, 0.2) is 29.2 Å². The van der Waals surface area contributed by atoms with E-state index in [-0.39, 0.29) is 11.0 Å². The van der Waals surface area contributed by atoms with Gasteiger partial charge in [0, 0.05) is 17.3 Å². The molecule has 0 spiro atoms. The summed E-state index contributed by atoms with van der Waals surface area (Å²) in [5.74, 6) is 0. The van der Waals surface area contributed by atoms with Gasteiger partial charge in [-0.1, -0.05) is 19.1 Å². The first kappa shape index (κ1) is 13.5. The van der Waals surface area contributed by atoms with Crippen LogP contribution in [-0.4, -0.2) is 15.0 Å². The highest BCUT2D eigenvalue weighted by atomic mass is 35.7. The van der Waals surface area contributed by atoms with Crippen LogP contribution in [0.2, 0.25) is 0 Å². The smallest absolute Gasteiger partial charge is 0.261 e. The van der Waals surface area contributed by atoms with Crippen LogP contribution in [0.4, 0.5) is 0 Å². The monoisotopic (exact) mass is 262 g/mol. The fourth-order valence-electron chi connectivity index (χ4n) is 1.50. The van der Waals surface area contributed by atoms with Gasteiger partial charge in [-0.25, -0.2) is 8.42 Å². The Bertz CT molecular complexity index is 425. The molecule has 0 saturated heterocycles. The van der Waals surface area contributed by atoms with Crippen LogP contribution >= 0.6 is 10.7 Å². The van der Waals surface area contributed by atoms with Gasteiger partial charge < -0.3 is 4.74 Å². The van der Waals surface area contributed by atoms with Gasteiger partial charge in [-0.15, -0.1) is 0 Å². The molecule has 0 saturated carbocycles. The summed E-state index contributed by atoms with van der Waals surface area (Å²) in [6, 6.07) is 6.47. The predicted molar refractivity (Wildman–Crippen MR) is 64.1 cm³/mol. The number of benzene rings is 1. The Morgan fingerprint density at radius 2 is 1.81 bits per heavy atom. The minimum absolute atomic E-state index is 0.0112. The summed E-state index contributed by atoms with van der Waals surface area (Å²) in [6.45, 7) is 4.58. The van der Waals surface area contributed by atoms with Gasteiger partial charge in [0.25, 0.3) is 9.05 Å². The summed E-state index contributed by atoms with van der Waals surface area (Å²) in [5.41, 5.74) is 0.966. The van der Waals surface area contributed by atoms with Gasteiger partial charge in [0.05, 0.1) is 11.0 Å². The minimum atomic E-state index is -3.63. The van der Waals surface area contributed by atoms with Crippen LogP contribution in [0.3, 0.4) is 0 Å². The number of hydrogen-bond donors (Lipinski definition) is 0. The summed E-state index contributed by atoms with van der Waals surface area (Å²) in [6.07, 6.45) is 0.859. The largest absolute Gasteiger partial charge is 0.374 e. The highest BCUT2D eigenvalue weighted by molar-refractivity contribution is 8.13. The van der Waals surface area contributed by atoms with Crippen molar-refractivity contribution >= 4 is 19.7 Å². The van der Waals surface area contributed by atoms with E-state index < -0.39 is 9.05 Å². The van der Waals surface area contributed by atoms with Crippen molar-refractivity contribution in [2.75, 3.05) is 6.61 Å². The van der Waals surface area contributed by atoms with Gasteiger partial charge in [0.15, 0.2) is 0 Å². The molecule has 0 amide bonds. The third-order valence-corrected chi connectivity index (χ3v) is 3.64. The summed E-state index contributed by atoms with van der Waals surface area (Å²) >= 11 is 0. The molecule has 0 heterocycles. The lowest BCUT2D eigenvalue weighted by Gasteiger charge is -2.15. The van der Waals surface area contributed by atoms with Crippen molar-refractivity contribution in [3.63, 3.8) is 0 Å². The Labute approximate surface area is 101 Å². The van der Waals surface area contributed by atoms with Crippen LogP contribution in [-0.2, 0) is 13.8 Å². The molecule has 0 aliphatic rings. The second kappa shape index (κ2) is 5.66. The summed E-state index contributed by atoms with van der Waals surface area (Å²) in [7, 11) is 1.59. The molecule has 0 aromatic heterocycles. The van der Waals surface area contributed by atoms with Crippen LogP contribution in [0, 0.1) is 0 Å². The molecule has 1 rings (SSSR count). The number of rotatable bonds is 5. The second-order valence-electron chi connectivity index (χ2n) is 3.36. The Kier molecular flexibility index (Phi) is 4.77. The van der Waals surface area contributed by atoms with Crippen LogP contribution in [0.25, 0.3) is 0 Å². The van der Waals surface area contributed by atoms with Gasteiger partial charge in [0.1, 0.15) is 0 Å². The summed E-state index contributed by atoms with van der Waals surface area (Å²) in [5, 5.41) is 0. The van der Waals surface area contributed by atoms with Gasteiger partial charge in [-0.05, 0) is 31.0 Å². The normalized spacial score (nSPS) is 13.7. The first-order valence-corrected chi connectivity index (χ1v) is 7.46. The Morgan fingerprint density at radius 1 is 1.25 bits per heavy atom. The molecule has 0 aliphatic carbocycles. The molecule has 0 radical (unpaired) electrons. The van der Waals surface area contributed by atoms with Gasteiger partial charge in [0.2, 0.25) is 0 Å². The molecular formula is C11H15ClO3S. The van der Waals surface area contributed by atoms with Gasteiger partial charge >= 0.3 is 0 Å². The number of ether oxygens (including phenoxy) is 1. The van der Waals surface area contributed by atoms with Crippen molar-refractivity contribution in [2.45, 2.75) is 31.3 Å². The van der Waals surface area contributed by atoms with Crippen molar-refractivity contribution < 1.29 is 13.2 Å². The lowest BCUT2D eigenvalue weighted by atomic mass is 10.1. The molecule has 16 heavy (non-hydrogen) atoms. The maximum Gasteiger partial charge on any atom is 0.261 e. The van der Waals surface area contributed by atoms with E-state index in [1.165, 1.54) is 12.1 Å². The van der Waals surface area contributed by atoms with E-state index in [4.69, 9.17) is 15.4 Å². The zero-order valence-corrected chi connectivity index (χ0v) is 10.9. The third-order valence-electron chi connectivity index (χ3n) is 2.27. The minimum Gasteiger partial charge on any atom is -0.374 e. The van der Waals surface area contributed by atoms with Crippen molar-refractivity contribution in [2.24, 2.45) is 0 Å². The average Bonchev–Trinajstić information content (AvgIpc) is 2.25. The average molecular weight is 263 g/mol. The van der Waals surface area contributed by atoms with E-state index >= 15 is 0 Å². The van der Waals surface area contributed by atoms with Gasteiger partial charge in [-0.3, -0.25) is 0 Å². The second-order valence-corrected chi connectivity index (χ2v) is 5.93. The fourth-order valence-corrected chi connectivity index (χ4v) is 2.27. The highest BCUT2D eigenvalue weighted by Gasteiger charge is 2.12. The summed E-state index contributed by atoms with van der Waals surface area (Å²) < 4.78 is 27.6. The molecule has 0 N–H and O–H groups in total. The summed E-state index contributed by atoms with van der Waals surface area (Å²) in [4.78, 5) is 0.115. The molecule has 0 bridgehead atoms. The lowest BCUT2D eigenvalue weighted by Crippen LogP contribution is -2.03. The Morgan fingerprint density at radius 3 is 2.19 bits per heavy atom. The van der Waals surface area contributed by atoms with Crippen LogP contribution < -0.4 is 0 Å². The molecule has 90 valence electrons. The fraction of sp³-hybridized carbons (Fsp3) is 0.455. The first-order valence-electron chi connectivity index (χ1n) is 5.15. The first-order chi connectivity index (χ1) is 7.49. The zero-order chi connectivity index (χ0) is 12.2. The molecule has 0 fully saturated rings. The van der Waals surface area contributed by atoms with Crippen LogP contribution in [0.1, 0.15) is 31.9 Å². The molecule has 1 atom stereocenters. The number of halogens is 1. The van der Waals surface area contributed by atoms with E-state index in [1.807, 2.05) is 13.8 Å². The van der Waals surface area contributed by atoms with E-state index in [1.54, 1.807) is 12.1 Å². The maximum absolute atomic E-state index is 11.0. The molecule has 1 aromatic rings. The van der Waals surface area contributed by atoms with E-state index in [9.17, 15) is 8.42 Å². The Balaban J connectivity index is 2.93. The molecule has 5 heteroatoms. The van der Waals surface area contributed by atoms with Crippen molar-refractivity contribution in [1.82, 2.24) is 0 Å². The third kappa shape index (κ3) is 3.47. The molecule has 3 nitrogen and oxygen atoms in total. The molecule has 1 aromatic carbocycles. The van der Waals surface area contributed by atoms with E-state index in [0.717, 1.165) is 12.0 Å². The SMILES string of the molecule is CCO[C@@H](CC)c1ccc(S(=O)(=O)Cl)cc1. The van der Waals surface area contributed by atoms with Crippen LogP contribution in [0.5, 0.6) is 0 Å². The van der Waals surface area contributed by atoms with E-state index in [0.29, 0.717) is 6.61 Å². The topological polar surface area (TPSA) is 43.4 Å².